The molecule has 0 aliphatic carbocycles. The lowest BCUT2D eigenvalue weighted by Crippen LogP contribution is -2.35. The van der Waals surface area contributed by atoms with Crippen molar-refractivity contribution in [3.63, 3.8) is 0 Å². The van der Waals surface area contributed by atoms with Crippen LogP contribution in [0.5, 0.6) is 0 Å². The highest BCUT2D eigenvalue weighted by Crippen LogP contribution is 2.26. The lowest BCUT2D eigenvalue weighted by atomic mass is 10.1. The lowest BCUT2D eigenvalue weighted by Gasteiger charge is -2.26. The Bertz CT molecular complexity index is 1070. The smallest absolute Gasteiger partial charge is 0.287 e. The van der Waals surface area contributed by atoms with E-state index in [2.05, 4.69) is 5.32 Å². The molecule has 0 bridgehead atoms. The highest BCUT2D eigenvalue weighted by Gasteiger charge is 2.20. The Labute approximate surface area is 168 Å². The molecule has 2 aromatic carbocycles. The number of benzene rings is 2. The number of piperidine rings is 1. The van der Waals surface area contributed by atoms with Gasteiger partial charge in [-0.15, -0.1) is 0 Å². The van der Waals surface area contributed by atoms with Crippen LogP contribution in [0.25, 0.3) is 11.0 Å². The lowest BCUT2D eigenvalue weighted by molar-refractivity contribution is 0.0724. The Balaban J connectivity index is 1.46. The largest absolute Gasteiger partial charge is 0.451 e. The number of aryl methyl sites for hydroxylation is 1. The number of likely N-dealkylation sites (tertiary alicyclic amines) is 1. The molecule has 0 saturated carbocycles. The van der Waals surface area contributed by atoms with Gasteiger partial charge in [0.15, 0.2) is 5.76 Å². The number of amides is 2. The Morgan fingerprint density at radius 1 is 1.10 bits per heavy atom. The van der Waals surface area contributed by atoms with Crippen LogP contribution in [0.2, 0.25) is 0 Å². The van der Waals surface area contributed by atoms with Crippen molar-refractivity contribution in [2.75, 3.05) is 13.1 Å². The molecule has 0 atom stereocenters. The Hall–Kier alpha value is -3.15. The van der Waals surface area contributed by atoms with Crippen LogP contribution in [0.15, 0.2) is 46.9 Å². The first-order valence-electron chi connectivity index (χ1n) is 9.88. The molecule has 1 aromatic heterocycles. The topological polar surface area (TPSA) is 62.6 Å². The second kappa shape index (κ2) is 8.07. The first-order valence-corrected chi connectivity index (χ1v) is 9.88. The van der Waals surface area contributed by atoms with E-state index >= 15 is 0 Å². The third-order valence-electron chi connectivity index (χ3n) is 5.37. The van der Waals surface area contributed by atoms with Gasteiger partial charge in [-0.1, -0.05) is 12.1 Å². The zero-order chi connectivity index (χ0) is 20.4. The fourth-order valence-corrected chi connectivity index (χ4v) is 3.77. The zero-order valence-electron chi connectivity index (χ0n) is 16.3. The summed E-state index contributed by atoms with van der Waals surface area (Å²) in [5.74, 6) is -0.533. The summed E-state index contributed by atoms with van der Waals surface area (Å²) in [6, 6.07) is 11.5. The van der Waals surface area contributed by atoms with E-state index in [-0.39, 0.29) is 29.9 Å². The first kappa shape index (κ1) is 19.2. The van der Waals surface area contributed by atoms with E-state index in [1.54, 1.807) is 13.0 Å². The van der Waals surface area contributed by atoms with Crippen LogP contribution in [0.1, 0.15) is 51.3 Å². The number of hydrogen-bond donors (Lipinski definition) is 1. The minimum absolute atomic E-state index is 0.0352. The average molecular weight is 394 g/mol. The number of nitrogens with one attached hydrogen (secondary N) is 1. The Morgan fingerprint density at radius 3 is 2.69 bits per heavy atom. The van der Waals surface area contributed by atoms with Crippen LogP contribution in [0.4, 0.5) is 4.39 Å². The van der Waals surface area contributed by atoms with Gasteiger partial charge in [0, 0.05) is 36.1 Å². The van der Waals surface area contributed by atoms with E-state index in [0.29, 0.717) is 22.1 Å². The summed E-state index contributed by atoms with van der Waals surface area (Å²) in [6.07, 6.45) is 3.26. The molecule has 1 saturated heterocycles. The summed E-state index contributed by atoms with van der Waals surface area (Å²) < 4.78 is 19.1. The standard InChI is InChI=1S/C23H23FN2O3/c1-15-19-13-18(24)8-9-20(19)29-21(15)22(27)25-14-16-6-5-7-17(12-16)23(28)26-10-3-2-4-11-26/h5-9,12-13H,2-4,10-11,14H2,1H3,(H,25,27). The molecule has 4 rings (SSSR count). The van der Waals surface area contributed by atoms with E-state index in [9.17, 15) is 14.0 Å². The molecular formula is C23H23FN2O3. The third kappa shape index (κ3) is 4.01. The number of hydrogen-bond acceptors (Lipinski definition) is 3. The predicted octanol–water partition coefficient (Wildman–Crippen LogP) is 4.44. The molecule has 0 radical (unpaired) electrons. The van der Waals surface area contributed by atoms with Crippen molar-refractivity contribution in [1.82, 2.24) is 10.2 Å². The van der Waals surface area contributed by atoms with E-state index in [0.717, 1.165) is 31.5 Å². The highest BCUT2D eigenvalue weighted by atomic mass is 19.1. The maximum atomic E-state index is 13.5. The average Bonchev–Trinajstić information content (AvgIpc) is 3.08. The van der Waals surface area contributed by atoms with E-state index in [4.69, 9.17) is 4.42 Å². The van der Waals surface area contributed by atoms with Crippen LogP contribution in [-0.2, 0) is 6.54 Å². The molecule has 3 aromatic rings. The third-order valence-corrected chi connectivity index (χ3v) is 5.37. The van der Waals surface area contributed by atoms with Gasteiger partial charge in [0.25, 0.3) is 11.8 Å². The molecule has 5 nitrogen and oxygen atoms in total. The Morgan fingerprint density at radius 2 is 1.90 bits per heavy atom. The van der Waals surface area contributed by atoms with Crippen LogP contribution >= 0.6 is 0 Å². The quantitative estimate of drug-likeness (QED) is 0.712. The van der Waals surface area contributed by atoms with Crippen LogP contribution < -0.4 is 5.32 Å². The van der Waals surface area contributed by atoms with Crippen molar-refractivity contribution in [2.45, 2.75) is 32.7 Å². The minimum atomic E-state index is -0.372. The van der Waals surface area contributed by atoms with Gasteiger partial charge in [-0.3, -0.25) is 9.59 Å². The van der Waals surface area contributed by atoms with Gasteiger partial charge in [0.1, 0.15) is 11.4 Å². The summed E-state index contributed by atoms with van der Waals surface area (Å²) in [7, 11) is 0. The Kier molecular flexibility index (Phi) is 5.34. The van der Waals surface area contributed by atoms with Gasteiger partial charge in [-0.25, -0.2) is 4.39 Å². The van der Waals surface area contributed by atoms with Crippen molar-refractivity contribution in [2.24, 2.45) is 0 Å². The molecule has 29 heavy (non-hydrogen) atoms. The summed E-state index contributed by atoms with van der Waals surface area (Å²) in [5.41, 5.74) is 2.55. The summed E-state index contributed by atoms with van der Waals surface area (Å²) in [5, 5.41) is 3.41. The monoisotopic (exact) mass is 394 g/mol. The molecule has 1 aliphatic heterocycles. The SMILES string of the molecule is Cc1c(C(=O)NCc2cccc(C(=O)N3CCCCC3)c2)oc2ccc(F)cc12. The molecule has 0 unspecified atom stereocenters. The van der Waals surface area contributed by atoms with Crippen molar-refractivity contribution in [3.8, 4) is 0 Å². The van der Waals surface area contributed by atoms with Gasteiger partial charge in [-0.05, 0) is 62.1 Å². The molecule has 6 heteroatoms. The van der Waals surface area contributed by atoms with E-state index < -0.39 is 0 Å². The van der Waals surface area contributed by atoms with Crippen LogP contribution in [0, 0.1) is 12.7 Å². The second-order valence-electron chi connectivity index (χ2n) is 7.43. The van der Waals surface area contributed by atoms with Gasteiger partial charge in [-0.2, -0.15) is 0 Å². The maximum Gasteiger partial charge on any atom is 0.287 e. The van der Waals surface area contributed by atoms with Crippen molar-refractivity contribution >= 4 is 22.8 Å². The molecule has 0 spiro atoms. The normalized spacial score (nSPS) is 14.2. The van der Waals surface area contributed by atoms with Gasteiger partial charge >= 0.3 is 0 Å². The van der Waals surface area contributed by atoms with Gasteiger partial charge < -0.3 is 14.6 Å². The molecule has 1 aliphatic rings. The summed E-state index contributed by atoms with van der Waals surface area (Å²) >= 11 is 0. The van der Waals surface area contributed by atoms with Gasteiger partial charge in [0.2, 0.25) is 0 Å². The number of fused-ring (bicyclic) bond motifs is 1. The van der Waals surface area contributed by atoms with Crippen LogP contribution in [-0.4, -0.2) is 29.8 Å². The summed E-state index contributed by atoms with van der Waals surface area (Å²) in [4.78, 5) is 27.1. The molecule has 1 N–H and O–H groups in total. The second-order valence-corrected chi connectivity index (χ2v) is 7.43. The molecule has 150 valence electrons. The summed E-state index contributed by atoms with van der Waals surface area (Å²) in [6.45, 7) is 3.60. The van der Waals surface area contributed by atoms with Crippen molar-refractivity contribution < 1.29 is 18.4 Å². The van der Waals surface area contributed by atoms with Crippen LogP contribution in [0.3, 0.4) is 0 Å². The fourth-order valence-electron chi connectivity index (χ4n) is 3.77. The number of nitrogens with zero attached hydrogens (tertiary/aromatic N) is 1. The predicted molar refractivity (Wildman–Crippen MR) is 108 cm³/mol. The zero-order valence-corrected chi connectivity index (χ0v) is 16.3. The number of carbonyl (C=O) groups excluding carboxylic acids is 2. The number of carbonyl (C=O) groups is 2. The molecular weight excluding hydrogens is 371 g/mol. The molecule has 2 amide bonds. The molecule has 2 heterocycles. The van der Waals surface area contributed by atoms with Crippen molar-refractivity contribution in [3.05, 3.63) is 70.7 Å². The number of furan rings is 1. The first-order chi connectivity index (χ1) is 14.0. The number of halogens is 1. The van der Waals surface area contributed by atoms with E-state index in [1.807, 2.05) is 23.1 Å². The van der Waals surface area contributed by atoms with Gasteiger partial charge in [0.05, 0.1) is 0 Å². The maximum absolute atomic E-state index is 13.5. The number of rotatable bonds is 4. The minimum Gasteiger partial charge on any atom is -0.451 e. The fraction of sp³-hybridized carbons (Fsp3) is 0.304. The highest BCUT2D eigenvalue weighted by molar-refractivity contribution is 5.99. The van der Waals surface area contributed by atoms with E-state index in [1.165, 1.54) is 24.6 Å². The van der Waals surface area contributed by atoms with Crippen molar-refractivity contribution in [1.29, 1.82) is 0 Å². The molecule has 1 fully saturated rings.